The standard InChI is InChI=1S/C55H30N8/c1-59-43-27-35(32-56)26-41(28-43)38-24-25-51-47(29-38)46-22-12-13-23-50(46)63(51)52-48(44-20-10-8-18-39(44)33-57)30-42(31-49(52)45-21-11-9-19-40(45)34-58)55-61-53(36-14-4-2-5-15-36)60-54(62-55)37-16-6-3-7-17-37/h2-31H. The molecule has 0 atom stereocenters. The van der Waals surface area contributed by atoms with E-state index in [1.807, 2.05) is 140 Å². The van der Waals surface area contributed by atoms with Crippen molar-refractivity contribution in [2.24, 2.45) is 0 Å². The highest BCUT2D eigenvalue weighted by molar-refractivity contribution is 6.12. The first-order valence-corrected chi connectivity index (χ1v) is 20.1. The molecule has 0 spiro atoms. The van der Waals surface area contributed by atoms with Gasteiger partial charge in [0.05, 0.1) is 52.6 Å². The molecule has 0 radical (unpaired) electrons. The van der Waals surface area contributed by atoms with Gasteiger partial charge in [-0.2, -0.15) is 15.8 Å². The number of nitrogens with zero attached hydrogens (tertiary/aromatic N) is 8. The van der Waals surface area contributed by atoms with Crippen LogP contribution in [0.25, 0.3) is 99.9 Å². The van der Waals surface area contributed by atoms with Crippen LogP contribution in [-0.4, -0.2) is 19.5 Å². The molecule has 0 aliphatic rings. The lowest BCUT2D eigenvalue weighted by atomic mass is 9.89. The van der Waals surface area contributed by atoms with Crippen LogP contribution in [0.1, 0.15) is 16.7 Å². The van der Waals surface area contributed by atoms with E-state index in [1.165, 1.54) is 0 Å². The van der Waals surface area contributed by atoms with Gasteiger partial charge in [0.25, 0.3) is 0 Å². The Morgan fingerprint density at radius 1 is 0.413 bits per heavy atom. The first kappa shape index (κ1) is 37.8. The molecular formula is C55H30N8. The fraction of sp³-hybridized carbons (Fsp3) is 0. The molecule has 8 nitrogen and oxygen atoms in total. The molecule has 10 rings (SSSR count). The largest absolute Gasteiger partial charge is 0.308 e. The molecule has 0 bridgehead atoms. The fourth-order valence-electron chi connectivity index (χ4n) is 8.28. The van der Waals surface area contributed by atoms with Gasteiger partial charge < -0.3 is 4.57 Å². The lowest BCUT2D eigenvalue weighted by molar-refractivity contribution is 1.07. The smallest absolute Gasteiger partial charge is 0.189 e. The van der Waals surface area contributed by atoms with Crippen molar-refractivity contribution in [2.45, 2.75) is 0 Å². The summed E-state index contributed by atoms with van der Waals surface area (Å²) in [6, 6.07) is 65.3. The average molecular weight is 803 g/mol. The zero-order valence-corrected chi connectivity index (χ0v) is 33.4. The van der Waals surface area contributed by atoms with E-state index in [0.29, 0.717) is 56.5 Å². The van der Waals surface area contributed by atoms with E-state index in [1.54, 1.807) is 18.2 Å². The minimum absolute atomic E-state index is 0.387. The second-order valence-electron chi connectivity index (χ2n) is 14.8. The molecule has 2 heterocycles. The molecule has 63 heavy (non-hydrogen) atoms. The molecule has 0 saturated carbocycles. The van der Waals surface area contributed by atoms with Gasteiger partial charge in [-0.25, -0.2) is 19.8 Å². The van der Waals surface area contributed by atoms with Crippen LogP contribution in [0.2, 0.25) is 0 Å². The topological polar surface area (TPSA) is 119 Å². The molecule has 0 fully saturated rings. The number of benzene rings is 8. The summed E-state index contributed by atoms with van der Waals surface area (Å²) in [4.78, 5) is 18.8. The normalized spacial score (nSPS) is 10.8. The minimum Gasteiger partial charge on any atom is -0.308 e. The number of para-hydroxylation sites is 1. The molecule has 0 aliphatic heterocycles. The molecule has 290 valence electrons. The Balaban J connectivity index is 1.34. The van der Waals surface area contributed by atoms with Crippen molar-refractivity contribution in [3.63, 3.8) is 0 Å². The molecular weight excluding hydrogens is 773 g/mol. The lowest BCUT2D eigenvalue weighted by Crippen LogP contribution is -2.05. The van der Waals surface area contributed by atoms with Crippen LogP contribution in [0.4, 0.5) is 5.69 Å². The van der Waals surface area contributed by atoms with E-state index >= 15 is 0 Å². The quantitative estimate of drug-likeness (QED) is 0.148. The number of nitriles is 3. The van der Waals surface area contributed by atoms with E-state index in [9.17, 15) is 15.8 Å². The summed E-state index contributed by atoms with van der Waals surface area (Å²) in [6.45, 7) is 7.68. The van der Waals surface area contributed by atoms with Gasteiger partial charge in [-0.05, 0) is 71.8 Å². The predicted molar refractivity (Wildman–Crippen MR) is 247 cm³/mol. The van der Waals surface area contributed by atoms with Gasteiger partial charge in [-0.3, -0.25) is 0 Å². The summed E-state index contributed by atoms with van der Waals surface area (Å²) in [5, 5.41) is 33.0. The number of rotatable bonds is 7. The molecule has 0 unspecified atom stereocenters. The van der Waals surface area contributed by atoms with Crippen LogP contribution in [0.15, 0.2) is 182 Å². The molecule has 0 amide bonds. The van der Waals surface area contributed by atoms with Crippen molar-refractivity contribution in [3.05, 3.63) is 210 Å². The Labute approximate surface area is 363 Å². The molecule has 8 heteroatoms. The van der Waals surface area contributed by atoms with Gasteiger partial charge in [0.15, 0.2) is 23.2 Å². The maximum Gasteiger partial charge on any atom is 0.189 e. The third-order valence-electron chi connectivity index (χ3n) is 11.1. The van der Waals surface area contributed by atoms with E-state index in [4.69, 9.17) is 21.5 Å². The first-order valence-electron chi connectivity index (χ1n) is 20.1. The second kappa shape index (κ2) is 15.9. The van der Waals surface area contributed by atoms with Crippen LogP contribution < -0.4 is 0 Å². The summed E-state index contributed by atoms with van der Waals surface area (Å²) in [7, 11) is 0. The summed E-state index contributed by atoms with van der Waals surface area (Å²) in [5.74, 6) is 1.43. The number of fused-ring (bicyclic) bond motifs is 3. The zero-order chi connectivity index (χ0) is 42.9. The molecule has 10 aromatic rings. The van der Waals surface area contributed by atoms with E-state index in [0.717, 1.165) is 60.9 Å². The minimum atomic E-state index is 0.387. The first-order chi connectivity index (χ1) is 31.0. The van der Waals surface area contributed by atoms with Crippen molar-refractivity contribution in [1.82, 2.24) is 19.5 Å². The van der Waals surface area contributed by atoms with Gasteiger partial charge in [0.1, 0.15) is 0 Å². The Hall–Kier alpha value is -9.47. The third-order valence-corrected chi connectivity index (χ3v) is 11.1. The lowest BCUT2D eigenvalue weighted by Gasteiger charge is -2.22. The SMILES string of the molecule is [C-]#[N+]c1cc(C#N)cc(-c2ccc3c(c2)c2ccccc2n3-c2c(-c3ccccc3C#N)cc(-c3nc(-c4ccccc4)nc(-c4ccccc4)n3)cc2-c2ccccc2C#N)c1. The van der Waals surface area contributed by atoms with Crippen LogP contribution in [0.3, 0.4) is 0 Å². The highest BCUT2D eigenvalue weighted by Crippen LogP contribution is 2.45. The Kier molecular flexibility index (Phi) is 9.56. The molecule has 0 N–H and O–H groups in total. The highest BCUT2D eigenvalue weighted by atomic mass is 15.0. The summed E-state index contributed by atoms with van der Waals surface area (Å²) in [6.07, 6.45) is 0. The fourth-order valence-corrected chi connectivity index (χ4v) is 8.28. The van der Waals surface area contributed by atoms with Crippen LogP contribution in [0.5, 0.6) is 0 Å². The van der Waals surface area contributed by atoms with Gasteiger partial charge >= 0.3 is 0 Å². The van der Waals surface area contributed by atoms with Gasteiger partial charge in [0, 0.05) is 55.3 Å². The third kappa shape index (κ3) is 6.79. The summed E-state index contributed by atoms with van der Waals surface area (Å²) < 4.78 is 2.21. The Bertz CT molecular complexity index is 3450. The zero-order valence-electron chi connectivity index (χ0n) is 33.4. The number of aromatic nitrogens is 4. The Morgan fingerprint density at radius 3 is 1.51 bits per heavy atom. The summed E-state index contributed by atoms with van der Waals surface area (Å²) in [5.41, 5.74) is 11.0. The summed E-state index contributed by atoms with van der Waals surface area (Å²) >= 11 is 0. The predicted octanol–water partition coefficient (Wildman–Crippen LogP) is 13.1. The van der Waals surface area contributed by atoms with E-state index in [2.05, 4.69) is 51.9 Å². The Morgan fingerprint density at radius 2 is 0.937 bits per heavy atom. The monoisotopic (exact) mass is 802 g/mol. The van der Waals surface area contributed by atoms with Crippen molar-refractivity contribution >= 4 is 27.5 Å². The van der Waals surface area contributed by atoms with E-state index in [-0.39, 0.29) is 0 Å². The van der Waals surface area contributed by atoms with Crippen molar-refractivity contribution < 1.29 is 0 Å². The van der Waals surface area contributed by atoms with E-state index < -0.39 is 0 Å². The number of hydrogen-bond donors (Lipinski definition) is 0. The van der Waals surface area contributed by atoms with Gasteiger partial charge in [0.2, 0.25) is 0 Å². The maximum atomic E-state index is 10.7. The highest BCUT2D eigenvalue weighted by Gasteiger charge is 2.25. The van der Waals surface area contributed by atoms with Gasteiger partial charge in [-0.1, -0.05) is 121 Å². The molecule has 2 aromatic heterocycles. The van der Waals surface area contributed by atoms with Crippen molar-refractivity contribution in [2.75, 3.05) is 0 Å². The van der Waals surface area contributed by atoms with Gasteiger partial charge in [-0.15, -0.1) is 0 Å². The van der Waals surface area contributed by atoms with Crippen LogP contribution >= 0.6 is 0 Å². The molecule has 0 aliphatic carbocycles. The van der Waals surface area contributed by atoms with Crippen LogP contribution in [-0.2, 0) is 0 Å². The average Bonchev–Trinajstić information content (AvgIpc) is 3.69. The van der Waals surface area contributed by atoms with Crippen molar-refractivity contribution in [1.29, 1.82) is 15.8 Å². The number of hydrogen-bond acceptors (Lipinski definition) is 6. The molecule has 0 saturated heterocycles. The maximum absolute atomic E-state index is 10.7. The second-order valence-corrected chi connectivity index (χ2v) is 14.8. The van der Waals surface area contributed by atoms with Crippen LogP contribution in [0, 0.1) is 40.6 Å². The van der Waals surface area contributed by atoms with Crippen molar-refractivity contribution in [3.8, 4) is 91.4 Å². The molecule has 8 aromatic carbocycles.